The van der Waals surface area contributed by atoms with Gasteiger partial charge in [0.2, 0.25) is 0 Å². The number of benzene rings is 1. The summed E-state index contributed by atoms with van der Waals surface area (Å²) in [5.74, 6) is -0.250. The minimum Gasteiger partial charge on any atom is -0.463 e. The van der Waals surface area contributed by atoms with Gasteiger partial charge in [0.1, 0.15) is 29.3 Å². The highest BCUT2D eigenvalue weighted by molar-refractivity contribution is 5.22. The summed E-state index contributed by atoms with van der Waals surface area (Å²) in [4.78, 5) is 0. The second kappa shape index (κ2) is 5.31. The normalized spacial score (nSPS) is 12.7. The number of hydrogen-bond donors (Lipinski definition) is 1. The maximum absolute atomic E-state index is 13.4. The van der Waals surface area contributed by atoms with Crippen LogP contribution in [-0.2, 0) is 12.8 Å². The van der Waals surface area contributed by atoms with E-state index in [0.717, 1.165) is 5.76 Å². The molecule has 0 saturated heterocycles. The first-order valence-electron chi connectivity index (χ1n) is 5.81. The molecular formula is C14H14F2O2. The molecule has 96 valence electrons. The first-order chi connectivity index (χ1) is 8.61. The molecule has 0 aliphatic rings. The minimum atomic E-state index is -1.04. The van der Waals surface area contributed by atoms with Crippen LogP contribution in [0.4, 0.5) is 8.78 Å². The summed E-state index contributed by atoms with van der Waals surface area (Å²) in [5.41, 5.74) is -0.126. The largest absolute Gasteiger partial charge is 0.463 e. The van der Waals surface area contributed by atoms with Gasteiger partial charge in [-0.3, -0.25) is 0 Å². The lowest BCUT2D eigenvalue weighted by atomic mass is 10.1. The Morgan fingerprint density at radius 2 is 1.83 bits per heavy atom. The van der Waals surface area contributed by atoms with Gasteiger partial charge >= 0.3 is 0 Å². The minimum absolute atomic E-state index is 0.126. The molecule has 0 bridgehead atoms. The van der Waals surface area contributed by atoms with E-state index in [1.807, 2.05) is 6.92 Å². The van der Waals surface area contributed by atoms with E-state index in [-0.39, 0.29) is 12.0 Å². The molecule has 1 aromatic carbocycles. The Kier molecular flexibility index (Phi) is 3.77. The lowest BCUT2D eigenvalue weighted by Crippen LogP contribution is -2.04. The summed E-state index contributed by atoms with van der Waals surface area (Å²) in [6.45, 7) is 1.92. The summed E-state index contributed by atoms with van der Waals surface area (Å²) in [6, 6.07) is 7.01. The fourth-order valence-corrected chi connectivity index (χ4v) is 1.78. The number of furan rings is 1. The molecule has 1 atom stereocenters. The lowest BCUT2D eigenvalue weighted by Gasteiger charge is -2.09. The zero-order valence-corrected chi connectivity index (χ0v) is 9.99. The van der Waals surface area contributed by atoms with Crippen LogP contribution in [-0.4, -0.2) is 5.11 Å². The van der Waals surface area contributed by atoms with Crippen LogP contribution in [0.1, 0.15) is 30.1 Å². The molecule has 2 rings (SSSR count). The molecule has 1 unspecified atom stereocenters. The van der Waals surface area contributed by atoms with E-state index in [0.29, 0.717) is 12.2 Å². The average molecular weight is 252 g/mol. The van der Waals surface area contributed by atoms with Crippen molar-refractivity contribution >= 4 is 0 Å². The van der Waals surface area contributed by atoms with Gasteiger partial charge in [0.05, 0.1) is 0 Å². The molecule has 0 saturated carbocycles. The summed E-state index contributed by atoms with van der Waals surface area (Å²) in [5, 5.41) is 9.90. The third kappa shape index (κ3) is 2.59. The SMILES string of the molecule is CCc1ccc(C(O)Cc2c(F)cccc2F)o1. The van der Waals surface area contributed by atoms with Gasteiger partial charge in [-0.25, -0.2) is 8.78 Å². The van der Waals surface area contributed by atoms with Gasteiger partial charge in [0, 0.05) is 18.4 Å². The van der Waals surface area contributed by atoms with E-state index >= 15 is 0 Å². The maximum atomic E-state index is 13.4. The Morgan fingerprint density at radius 3 is 2.39 bits per heavy atom. The molecule has 2 aromatic rings. The van der Waals surface area contributed by atoms with E-state index in [2.05, 4.69) is 0 Å². The van der Waals surface area contributed by atoms with E-state index in [4.69, 9.17) is 4.42 Å². The topological polar surface area (TPSA) is 33.4 Å². The average Bonchev–Trinajstić information content (AvgIpc) is 2.82. The van der Waals surface area contributed by atoms with Crippen molar-refractivity contribution in [2.45, 2.75) is 25.9 Å². The fraction of sp³-hybridized carbons (Fsp3) is 0.286. The van der Waals surface area contributed by atoms with Crippen molar-refractivity contribution in [2.75, 3.05) is 0 Å². The van der Waals surface area contributed by atoms with Crippen LogP contribution in [0.2, 0.25) is 0 Å². The van der Waals surface area contributed by atoms with E-state index in [1.165, 1.54) is 18.2 Å². The second-order valence-corrected chi connectivity index (χ2v) is 4.08. The van der Waals surface area contributed by atoms with Crippen molar-refractivity contribution < 1.29 is 18.3 Å². The van der Waals surface area contributed by atoms with Crippen LogP contribution < -0.4 is 0 Å². The number of aryl methyl sites for hydroxylation is 1. The zero-order valence-electron chi connectivity index (χ0n) is 9.99. The Balaban J connectivity index is 2.18. The molecule has 18 heavy (non-hydrogen) atoms. The van der Waals surface area contributed by atoms with Crippen molar-refractivity contribution in [1.82, 2.24) is 0 Å². The molecule has 0 aliphatic carbocycles. The first kappa shape index (κ1) is 12.8. The fourth-order valence-electron chi connectivity index (χ4n) is 1.78. The molecule has 0 fully saturated rings. The molecule has 1 aromatic heterocycles. The van der Waals surface area contributed by atoms with E-state index < -0.39 is 17.7 Å². The third-order valence-corrected chi connectivity index (χ3v) is 2.82. The molecule has 1 heterocycles. The molecule has 1 N–H and O–H groups in total. The number of halogens is 2. The molecule has 0 spiro atoms. The second-order valence-electron chi connectivity index (χ2n) is 4.08. The molecule has 0 radical (unpaired) electrons. The van der Waals surface area contributed by atoms with Gasteiger partial charge in [-0.15, -0.1) is 0 Å². The van der Waals surface area contributed by atoms with Crippen LogP contribution in [0.3, 0.4) is 0 Å². The van der Waals surface area contributed by atoms with Gasteiger partial charge in [-0.05, 0) is 24.3 Å². The van der Waals surface area contributed by atoms with Gasteiger partial charge in [-0.1, -0.05) is 13.0 Å². The summed E-state index contributed by atoms with van der Waals surface area (Å²) < 4.78 is 32.2. The first-order valence-corrected chi connectivity index (χ1v) is 5.81. The van der Waals surface area contributed by atoms with Crippen LogP contribution in [0.25, 0.3) is 0 Å². The summed E-state index contributed by atoms with van der Waals surface area (Å²) in [7, 11) is 0. The monoisotopic (exact) mass is 252 g/mol. The Labute approximate surface area is 104 Å². The predicted molar refractivity (Wildman–Crippen MR) is 63.1 cm³/mol. The van der Waals surface area contributed by atoms with Crippen LogP contribution in [0, 0.1) is 11.6 Å². The third-order valence-electron chi connectivity index (χ3n) is 2.82. The Morgan fingerprint density at radius 1 is 1.17 bits per heavy atom. The van der Waals surface area contributed by atoms with Crippen molar-refractivity contribution in [3.63, 3.8) is 0 Å². The number of hydrogen-bond acceptors (Lipinski definition) is 2. The standard InChI is InChI=1S/C14H14F2O2/c1-2-9-6-7-14(18-9)13(17)8-10-11(15)4-3-5-12(10)16/h3-7,13,17H,2,8H2,1H3. The van der Waals surface area contributed by atoms with Gasteiger partial charge in [0.25, 0.3) is 0 Å². The smallest absolute Gasteiger partial charge is 0.133 e. The number of rotatable bonds is 4. The molecule has 4 heteroatoms. The van der Waals surface area contributed by atoms with Crippen molar-refractivity contribution in [1.29, 1.82) is 0 Å². The highest BCUT2D eigenvalue weighted by Crippen LogP contribution is 2.23. The predicted octanol–water partition coefficient (Wildman–Crippen LogP) is 3.40. The highest BCUT2D eigenvalue weighted by atomic mass is 19.1. The molecule has 0 aliphatic heterocycles. The van der Waals surface area contributed by atoms with Crippen molar-refractivity contribution in [3.05, 3.63) is 59.1 Å². The lowest BCUT2D eigenvalue weighted by molar-refractivity contribution is 0.146. The number of aliphatic hydroxyl groups excluding tert-OH is 1. The summed E-state index contributed by atoms with van der Waals surface area (Å²) >= 11 is 0. The van der Waals surface area contributed by atoms with Gasteiger partial charge < -0.3 is 9.52 Å². The Hall–Kier alpha value is -1.68. The Bertz CT molecular complexity index is 514. The van der Waals surface area contributed by atoms with E-state index in [9.17, 15) is 13.9 Å². The molecule has 0 amide bonds. The van der Waals surface area contributed by atoms with Gasteiger partial charge in [-0.2, -0.15) is 0 Å². The number of aliphatic hydroxyl groups is 1. The zero-order chi connectivity index (χ0) is 13.1. The van der Waals surface area contributed by atoms with Crippen molar-refractivity contribution in [3.8, 4) is 0 Å². The summed E-state index contributed by atoms with van der Waals surface area (Å²) in [6.07, 6.45) is -0.479. The maximum Gasteiger partial charge on any atom is 0.133 e. The quantitative estimate of drug-likeness (QED) is 0.904. The molecule has 2 nitrogen and oxygen atoms in total. The van der Waals surface area contributed by atoms with Crippen LogP contribution in [0.15, 0.2) is 34.7 Å². The highest BCUT2D eigenvalue weighted by Gasteiger charge is 2.17. The van der Waals surface area contributed by atoms with E-state index in [1.54, 1.807) is 12.1 Å². The van der Waals surface area contributed by atoms with Crippen molar-refractivity contribution in [2.24, 2.45) is 0 Å². The van der Waals surface area contributed by atoms with Crippen LogP contribution >= 0.6 is 0 Å². The molecular weight excluding hydrogens is 238 g/mol. The van der Waals surface area contributed by atoms with Crippen LogP contribution in [0.5, 0.6) is 0 Å². The van der Waals surface area contributed by atoms with Gasteiger partial charge in [0.15, 0.2) is 0 Å².